The van der Waals surface area contributed by atoms with Crippen LogP contribution in [0.25, 0.3) is 6.08 Å². The second-order valence-corrected chi connectivity index (χ2v) is 3.46. The van der Waals surface area contributed by atoms with E-state index >= 15 is 0 Å². The first-order chi connectivity index (χ1) is 7.72. The van der Waals surface area contributed by atoms with Gasteiger partial charge in [0.1, 0.15) is 0 Å². The summed E-state index contributed by atoms with van der Waals surface area (Å²) in [4.78, 5) is 0. The topological polar surface area (TPSA) is 70.6 Å². The molecule has 0 aromatic heterocycles. The number of aliphatic hydroxyl groups excluding tert-OH is 1. The first-order valence-corrected chi connectivity index (χ1v) is 5.08. The van der Waals surface area contributed by atoms with E-state index in [0.29, 0.717) is 0 Å². The zero-order valence-corrected chi connectivity index (χ0v) is 9.45. The molecule has 0 amide bonds. The van der Waals surface area contributed by atoms with Gasteiger partial charge in [-0.25, -0.2) is 0 Å². The van der Waals surface area contributed by atoms with Gasteiger partial charge in [0.15, 0.2) is 5.11 Å². The highest BCUT2D eigenvalue weighted by Crippen LogP contribution is 2.06. The molecule has 16 heavy (non-hydrogen) atoms. The fourth-order valence-electron chi connectivity index (χ4n) is 1.09. The van der Waals surface area contributed by atoms with Crippen molar-refractivity contribution in [2.24, 2.45) is 10.8 Å². The van der Waals surface area contributed by atoms with Crippen LogP contribution in [-0.4, -0.2) is 16.4 Å². The van der Waals surface area contributed by atoms with Gasteiger partial charge < -0.3 is 10.8 Å². The number of rotatable bonds is 4. The van der Waals surface area contributed by atoms with Gasteiger partial charge in [-0.2, -0.15) is 5.10 Å². The van der Waals surface area contributed by atoms with Crippen LogP contribution < -0.4 is 11.2 Å². The molecule has 84 valence electrons. The molecular weight excluding hydrogens is 222 g/mol. The number of thiocarbonyl (C=S) groups is 1. The van der Waals surface area contributed by atoms with Crippen LogP contribution >= 0.6 is 12.2 Å². The summed E-state index contributed by atoms with van der Waals surface area (Å²) >= 11 is 4.57. The molecule has 0 radical (unpaired) electrons. The van der Waals surface area contributed by atoms with Crippen LogP contribution in [0.3, 0.4) is 0 Å². The summed E-state index contributed by atoms with van der Waals surface area (Å²) in [6, 6.07) is 7.57. The number of benzene rings is 1. The highest BCUT2D eigenvalue weighted by atomic mass is 32.1. The van der Waals surface area contributed by atoms with E-state index in [-0.39, 0.29) is 11.7 Å². The van der Waals surface area contributed by atoms with Gasteiger partial charge in [0, 0.05) is 6.21 Å². The number of aliphatic hydroxyl groups is 1. The van der Waals surface area contributed by atoms with Crippen LogP contribution in [0.5, 0.6) is 0 Å². The van der Waals surface area contributed by atoms with E-state index in [1.54, 1.807) is 12.3 Å². The molecule has 0 heterocycles. The minimum absolute atomic E-state index is 0.0404. The highest BCUT2D eigenvalue weighted by molar-refractivity contribution is 7.80. The molecule has 4 N–H and O–H groups in total. The van der Waals surface area contributed by atoms with Crippen LogP contribution in [0.4, 0.5) is 0 Å². The zero-order chi connectivity index (χ0) is 11.8. The van der Waals surface area contributed by atoms with Crippen molar-refractivity contribution in [3.8, 4) is 0 Å². The fraction of sp³-hybridized carbons (Fsp3) is 0.0909. The Morgan fingerprint density at radius 3 is 3.06 bits per heavy atom. The van der Waals surface area contributed by atoms with E-state index in [4.69, 9.17) is 10.8 Å². The number of allylic oxidation sites excluding steroid dienone is 1. The highest BCUT2D eigenvalue weighted by Gasteiger charge is 1.89. The Balaban J connectivity index is 2.55. The molecule has 0 aliphatic carbocycles. The SMILES string of the molecule is NC(=S)NN=C/C=C/c1cccc(CO)c1. The Labute approximate surface area is 99.5 Å². The van der Waals surface area contributed by atoms with E-state index in [2.05, 4.69) is 22.7 Å². The summed E-state index contributed by atoms with van der Waals surface area (Å²) in [6.45, 7) is 0.0404. The molecule has 0 atom stereocenters. The maximum Gasteiger partial charge on any atom is 0.184 e. The normalized spacial score (nSPS) is 11.1. The first kappa shape index (κ1) is 12.4. The lowest BCUT2D eigenvalue weighted by molar-refractivity contribution is 0.282. The third kappa shape index (κ3) is 4.68. The first-order valence-electron chi connectivity index (χ1n) is 4.67. The van der Waals surface area contributed by atoms with Crippen molar-refractivity contribution in [1.82, 2.24) is 5.43 Å². The van der Waals surface area contributed by atoms with E-state index < -0.39 is 0 Å². The van der Waals surface area contributed by atoms with Crippen molar-refractivity contribution in [3.05, 3.63) is 41.5 Å². The summed E-state index contributed by atoms with van der Waals surface area (Å²) in [5.41, 5.74) is 9.49. The third-order valence-electron chi connectivity index (χ3n) is 1.76. The van der Waals surface area contributed by atoms with Gasteiger partial charge in [-0.15, -0.1) is 0 Å². The Kier molecular flexibility index (Phi) is 5.18. The van der Waals surface area contributed by atoms with Crippen molar-refractivity contribution >= 4 is 29.6 Å². The van der Waals surface area contributed by atoms with E-state index in [1.807, 2.05) is 30.3 Å². The molecule has 0 aliphatic rings. The van der Waals surface area contributed by atoms with Crippen LogP contribution in [-0.2, 0) is 6.61 Å². The zero-order valence-electron chi connectivity index (χ0n) is 8.63. The predicted molar refractivity (Wildman–Crippen MR) is 69.8 cm³/mol. The average Bonchev–Trinajstić information content (AvgIpc) is 2.28. The van der Waals surface area contributed by atoms with Crippen LogP contribution in [0.15, 0.2) is 35.4 Å². The summed E-state index contributed by atoms with van der Waals surface area (Å²) < 4.78 is 0. The number of nitrogens with one attached hydrogen (secondary N) is 1. The molecule has 5 heteroatoms. The van der Waals surface area contributed by atoms with Crippen LogP contribution in [0.2, 0.25) is 0 Å². The molecule has 0 aliphatic heterocycles. The van der Waals surface area contributed by atoms with Gasteiger partial charge >= 0.3 is 0 Å². The number of nitrogens with two attached hydrogens (primary N) is 1. The van der Waals surface area contributed by atoms with Gasteiger partial charge in [-0.05, 0) is 35.5 Å². The standard InChI is InChI=1S/C11H13N3OS/c12-11(16)14-13-6-2-5-9-3-1-4-10(7-9)8-15/h1-7,15H,8H2,(H3,12,14,16)/b5-2+,13-6?. The maximum atomic E-state index is 8.94. The molecule has 0 fully saturated rings. The summed E-state index contributed by atoms with van der Waals surface area (Å²) in [5, 5.41) is 12.8. The quantitative estimate of drug-likeness (QED) is 0.414. The molecule has 0 saturated heterocycles. The molecule has 4 nitrogen and oxygen atoms in total. The predicted octanol–water partition coefficient (Wildman–Crippen LogP) is 1.01. The Bertz CT molecular complexity index is 415. The van der Waals surface area contributed by atoms with Crippen molar-refractivity contribution in [3.63, 3.8) is 0 Å². The number of nitrogens with zero attached hydrogens (tertiary/aromatic N) is 1. The molecule has 0 saturated carbocycles. The van der Waals surface area contributed by atoms with Gasteiger partial charge in [-0.3, -0.25) is 5.43 Å². The lowest BCUT2D eigenvalue weighted by Crippen LogP contribution is -2.23. The monoisotopic (exact) mass is 235 g/mol. The minimum Gasteiger partial charge on any atom is -0.392 e. The molecule has 0 bridgehead atoms. The lowest BCUT2D eigenvalue weighted by atomic mass is 10.1. The van der Waals surface area contributed by atoms with Gasteiger partial charge in [0.05, 0.1) is 6.61 Å². The lowest BCUT2D eigenvalue weighted by Gasteiger charge is -1.96. The number of hydrogen-bond donors (Lipinski definition) is 3. The Morgan fingerprint density at radius 1 is 1.56 bits per heavy atom. The van der Waals surface area contributed by atoms with E-state index in [1.165, 1.54) is 0 Å². The molecule has 0 spiro atoms. The average molecular weight is 235 g/mol. The minimum atomic E-state index is 0.0404. The molecule has 1 aromatic carbocycles. The Morgan fingerprint density at radius 2 is 2.38 bits per heavy atom. The molecule has 0 unspecified atom stereocenters. The van der Waals surface area contributed by atoms with E-state index in [0.717, 1.165) is 11.1 Å². The fourth-order valence-corrected chi connectivity index (χ4v) is 1.15. The molecule has 1 rings (SSSR count). The van der Waals surface area contributed by atoms with Crippen molar-refractivity contribution < 1.29 is 5.11 Å². The largest absolute Gasteiger partial charge is 0.392 e. The smallest absolute Gasteiger partial charge is 0.184 e. The van der Waals surface area contributed by atoms with Gasteiger partial charge in [0.25, 0.3) is 0 Å². The summed E-state index contributed by atoms with van der Waals surface area (Å²) in [7, 11) is 0. The summed E-state index contributed by atoms with van der Waals surface area (Å²) in [6.07, 6.45) is 5.16. The van der Waals surface area contributed by atoms with Gasteiger partial charge in [0.2, 0.25) is 0 Å². The van der Waals surface area contributed by atoms with E-state index in [9.17, 15) is 0 Å². The van der Waals surface area contributed by atoms with Crippen LogP contribution in [0.1, 0.15) is 11.1 Å². The second kappa shape index (κ2) is 6.71. The maximum absolute atomic E-state index is 8.94. The van der Waals surface area contributed by atoms with Crippen molar-refractivity contribution in [2.75, 3.05) is 0 Å². The number of hydrogen-bond acceptors (Lipinski definition) is 3. The summed E-state index contributed by atoms with van der Waals surface area (Å²) in [5.74, 6) is 0. The van der Waals surface area contributed by atoms with Crippen molar-refractivity contribution in [1.29, 1.82) is 0 Å². The van der Waals surface area contributed by atoms with Gasteiger partial charge in [-0.1, -0.05) is 24.3 Å². The molecular formula is C11H13N3OS. The second-order valence-electron chi connectivity index (χ2n) is 3.02. The van der Waals surface area contributed by atoms with Crippen LogP contribution in [0, 0.1) is 0 Å². The van der Waals surface area contributed by atoms with Crippen molar-refractivity contribution in [2.45, 2.75) is 6.61 Å². The number of hydrazone groups is 1. The molecule has 1 aromatic rings. The third-order valence-corrected chi connectivity index (χ3v) is 1.85. The Hall–Kier alpha value is -1.72.